The summed E-state index contributed by atoms with van der Waals surface area (Å²) in [6.45, 7) is 5.23. The maximum Gasteiger partial charge on any atom is 0.226 e. The molecule has 0 saturated carbocycles. The van der Waals surface area contributed by atoms with Crippen molar-refractivity contribution in [1.29, 1.82) is 0 Å². The van der Waals surface area contributed by atoms with Crippen LogP contribution in [0.25, 0.3) is 5.69 Å². The van der Waals surface area contributed by atoms with E-state index in [1.807, 2.05) is 38.1 Å². The molecule has 2 heterocycles. The van der Waals surface area contributed by atoms with Crippen LogP contribution >= 0.6 is 0 Å². The van der Waals surface area contributed by atoms with E-state index in [-0.39, 0.29) is 17.8 Å². The fourth-order valence-corrected chi connectivity index (χ4v) is 3.84. The van der Waals surface area contributed by atoms with Crippen molar-refractivity contribution in [3.8, 4) is 17.3 Å². The number of amides is 1. The van der Waals surface area contributed by atoms with Gasteiger partial charge >= 0.3 is 0 Å². The third-order valence-corrected chi connectivity index (χ3v) is 5.56. The molecular weight excluding hydrogens is 409 g/mol. The minimum absolute atomic E-state index is 0.0315. The molecular formula is C25H28FN3O3. The Bertz CT molecular complexity index is 1070. The van der Waals surface area contributed by atoms with Gasteiger partial charge in [0.2, 0.25) is 11.8 Å². The molecule has 4 rings (SSSR count). The largest absolute Gasteiger partial charge is 0.439 e. The maximum atomic E-state index is 13.4. The van der Waals surface area contributed by atoms with Gasteiger partial charge in [0.1, 0.15) is 11.6 Å². The highest BCUT2D eigenvalue weighted by Crippen LogP contribution is 2.32. The molecule has 1 unspecified atom stereocenters. The number of nitrogens with zero attached hydrogens (tertiary/aromatic N) is 2. The highest BCUT2D eigenvalue weighted by Gasteiger charge is 2.21. The third kappa shape index (κ3) is 5.34. The van der Waals surface area contributed by atoms with Crippen LogP contribution in [0.3, 0.4) is 0 Å². The average Bonchev–Trinajstić information content (AvgIpc) is 3.40. The summed E-state index contributed by atoms with van der Waals surface area (Å²) in [7, 11) is 0. The number of benzene rings is 2. The summed E-state index contributed by atoms with van der Waals surface area (Å²) in [4.78, 5) is 12.4. The number of carbonyl (C=O) groups excluding carboxylic acids is 1. The summed E-state index contributed by atoms with van der Waals surface area (Å²) in [5.41, 5.74) is 3.59. The van der Waals surface area contributed by atoms with Gasteiger partial charge in [-0.25, -0.2) is 9.07 Å². The van der Waals surface area contributed by atoms with Gasteiger partial charge in [0, 0.05) is 25.1 Å². The second-order valence-electron chi connectivity index (χ2n) is 8.12. The topological polar surface area (TPSA) is 65.4 Å². The fraction of sp³-hybridized carbons (Fsp3) is 0.360. The van der Waals surface area contributed by atoms with E-state index in [0.717, 1.165) is 42.0 Å². The van der Waals surface area contributed by atoms with Crippen LogP contribution in [0.15, 0.2) is 48.5 Å². The average molecular weight is 438 g/mol. The first kappa shape index (κ1) is 22.0. The standard InChI is InChI=1S/C25H28FN3O3/c1-17-5-3-6-20(15-17)29-25(32-21-10-8-19(26)9-11-21)23(18(2)28-29)12-13-24(30)27-16-22-7-4-14-31-22/h3,5-6,8-11,15,22H,4,7,12-14,16H2,1-2H3,(H,27,30). The van der Waals surface area contributed by atoms with Crippen LogP contribution in [-0.2, 0) is 16.0 Å². The summed E-state index contributed by atoms with van der Waals surface area (Å²) in [5.74, 6) is 0.677. The van der Waals surface area contributed by atoms with Crippen LogP contribution in [0.5, 0.6) is 11.6 Å². The zero-order valence-electron chi connectivity index (χ0n) is 18.4. The van der Waals surface area contributed by atoms with Crippen molar-refractivity contribution in [3.05, 3.63) is 71.2 Å². The van der Waals surface area contributed by atoms with Gasteiger partial charge in [0.05, 0.1) is 17.5 Å². The van der Waals surface area contributed by atoms with Crippen LogP contribution in [0.2, 0.25) is 0 Å². The van der Waals surface area contributed by atoms with Crippen LogP contribution in [0.1, 0.15) is 36.1 Å². The van der Waals surface area contributed by atoms with E-state index in [2.05, 4.69) is 10.4 Å². The zero-order valence-corrected chi connectivity index (χ0v) is 18.4. The van der Waals surface area contributed by atoms with Crippen molar-refractivity contribution in [1.82, 2.24) is 15.1 Å². The Hall–Kier alpha value is -3.19. The van der Waals surface area contributed by atoms with E-state index in [1.54, 1.807) is 16.8 Å². The molecule has 2 aromatic carbocycles. The first-order valence-electron chi connectivity index (χ1n) is 11.0. The van der Waals surface area contributed by atoms with Gasteiger partial charge in [0.25, 0.3) is 0 Å². The number of aromatic nitrogens is 2. The van der Waals surface area contributed by atoms with Gasteiger partial charge in [-0.3, -0.25) is 4.79 Å². The van der Waals surface area contributed by atoms with E-state index in [0.29, 0.717) is 31.0 Å². The van der Waals surface area contributed by atoms with E-state index in [9.17, 15) is 9.18 Å². The summed E-state index contributed by atoms with van der Waals surface area (Å²) in [6.07, 6.45) is 2.93. The van der Waals surface area contributed by atoms with Crippen LogP contribution < -0.4 is 10.1 Å². The molecule has 0 spiro atoms. The van der Waals surface area contributed by atoms with Crippen LogP contribution in [0.4, 0.5) is 4.39 Å². The van der Waals surface area contributed by atoms with Crippen LogP contribution in [0, 0.1) is 19.7 Å². The lowest BCUT2D eigenvalue weighted by atomic mass is 10.1. The molecule has 6 nitrogen and oxygen atoms in total. The molecule has 0 bridgehead atoms. The predicted octanol–water partition coefficient (Wildman–Crippen LogP) is 4.65. The molecule has 1 aliphatic heterocycles. The van der Waals surface area contributed by atoms with Crippen molar-refractivity contribution >= 4 is 5.91 Å². The minimum Gasteiger partial charge on any atom is -0.439 e. The van der Waals surface area contributed by atoms with Gasteiger partial charge < -0.3 is 14.8 Å². The molecule has 3 aromatic rings. The number of rotatable bonds is 8. The normalized spacial score (nSPS) is 15.7. The zero-order chi connectivity index (χ0) is 22.5. The number of carbonyl (C=O) groups is 1. The lowest BCUT2D eigenvalue weighted by Crippen LogP contribution is -2.31. The van der Waals surface area contributed by atoms with Gasteiger partial charge in [0.15, 0.2) is 0 Å². The number of nitrogens with one attached hydrogen (secondary N) is 1. The Balaban J connectivity index is 1.55. The number of ether oxygens (including phenoxy) is 2. The third-order valence-electron chi connectivity index (χ3n) is 5.56. The van der Waals surface area contributed by atoms with Gasteiger partial charge in [-0.05, 0) is 75.1 Å². The van der Waals surface area contributed by atoms with E-state index >= 15 is 0 Å². The quantitative estimate of drug-likeness (QED) is 0.557. The lowest BCUT2D eigenvalue weighted by Gasteiger charge is -2.13. The molecule has 7 heteroatoms. The Morgan fingerprint density at radius 3 is 2.78 bits per heavy atom. The summed E-state index contributed by atoms with van der Waals surface area (Å²) < 4.78 is 26.8. The predicted molar refractivity (Wildman–Crippen MR) is 120 cm³/mol. The Labute approximate surface area is 187 Å². The fourth-order valence-electron chi connectivity index (χ4n) is 3.84. The summed E-state index contributed by atoms with van der Waals surface area (Å²) >= 11 is 0. The highest BCUT2D eigenvalue weighted by molar-refractivity contribution is 5.76. The number of aryl methyl sites for hydroxylation is 2. The van der Waals surface area contributed by atoms with Crippen molar-refractivity contribution in [3.63, 3.8) is 0 Å². The smallest absolute Gasteiger partial charge is 0.226 e. The lowest BCUT2D eigenvalue weighted by molar-refractivity contribution is -0.121. The number of hydrogen-bond acceptors (Lipinski definition) is 4. The van der Waals surface area contributed by atoms with Gasteiger partial charge in [-0.15, -0.1) is 0 Å². The van der Waals surface area contributed by atoms with Crippen molar-refractivity contribution in [2.24, 2.45) is 0 Å². The molecule has 0 aliphatic carbocycles. The van der Waals surface area contributed by atoms with Crippen molar-refractivity contribution in [2.75, 3.05) is 13.2 Å². The highest BCUT2D eigenvalue weighted by atomic mass is 19.1. The molecule has 1 atom stereocenters. The number of halogens is 1. The van der Waals surface area contributed by atoms with E-state index in [1.165, 1.54) is 12.1 Å². The summed E-state index contributed by atoms with van der Waals surface area (Å²) in [5, 5.41) is 7.65. The second kappa shape index (κ2) is 9.96. The Morgan fingerprint density at radius 2 is 2.06 bits per heavy atom. The minimum atomic E-state index is -0.330. The second-order valence-corrected chi connectivity index (χ2v) is 8.12. The SMILES string of the molecule is Cc1cccc(-n2nc(C)c(CCC(=O)NCC3CCCO3)c2Oc2ccc(F)cc2)c1. The van der Waals surface area contributed by atoms with E-state index < -0.39 is 0 Å². The monoisotopic (exact) mass is 437 g/mol. The molecule has 1 aromatic heterocycles. The molecule has 1 amide bonds. The van der Waals surface area contributed by atoms with Crippen molar-refractivity contribution in [2.45, 2.75) is 45.6 Å². The van der Waals surface area contributed by atoms with E-state index in [4.69, 9.17) is 9.47 Å². The first-order chi connectivity index (χ1) is 15.5. The molecule has 32 heavy (non-hydrogen) atoms. The maximum absolute atomic E-state index is 13.4. The summed E-state index contributed by atoms with van der Waals surface area (Å²) in [6, 6.07) is 13.8. The van der Waals surface area contributed by atoms with Crippen molar-refractivity contribution < 1.29 is 18.7 Å². The number of hydrogen-bond donors (Lipinski definition) is 1. The van der Waals surface area contributed by atoms with Gasteiger partial charge in [-0.2, -0.15) is 5.10 Å². The molecule has 0 radical (unpaired) electrons. The molecule has 168 valence electrons. The molecule has 1 saturated heterocycles. The molecule has 1 N–H and O–H groups in total. The Morgan fingerprint density at radius 1 is 1.25 bits per heavy atom. The van der Waals surface area contributed by atoms with Gasteiger partial charge in [-0.1, -0.05) is 12.1 Å². The molecule has 1 fully saturated rings. The first-order valence-corrected chi connectivity index (χ1v) is 11.0. The van der Waals surface area contributed by atoms with Crippen LogP contribution in [-0.4, -0.2) is 34.9 Å². The Kier molecular flexibility index (Phi) is 6.85. The molecule has 1 aliphatic rings.